The van der Waals surface area contributed by atoms with Crippen LogP contribution in [0.15, 0.2) is 70.9 Å². The van der Waals surface area contributed by atoms with Gasteiger partial charge in [0.25, 0.3) is 5.91 Å². The summed E-state index contributed by atoms with van der Waals surface area (Å²) in [5, 5.41) is 5.86. The third kappa shape index (κ3) is 10.8. The molecule has 4 atom stereocenters. The molecule has 2 fully saturated rings. The summed E-state index contributed by atoms with van der Waals surface area (Å²) in [6.45, 7) is 15.3. The number of ether oxygens (including phenoxy) is 3. The SMILES string of the molecule is CCn1c(-c2cnccc2COC)c2c3cc(ccc31)-c1cccc(c1)C[C@H](NC(=O)C(C(C)C)N1CC[C@@H](CN=C=NCCOC)C1)C(=O)N1CCC[C@H](N1)C(=O)OCC(C)(C)C2. The topological polar surface area (TPSA) is 152 Å². The van der Waals surface area contributed by atoms with Crippen LogP contribution in [0, 0.1) is 17.3 Å². The monoisotopic (exact) mass is 875 g/mol. The van der Waals surface area contributed by atoms with Gasteiger partial charge in [-0.1, -0.05) is 58.0 Å². The van der Waals surface area contributed by atoms with E-state index >= 15 is 0 Å². The number of amides is 2. The molecule has 2 aromatic carbocycles. The molecule has 3 aliphatic rings. The van der Waals surface area contributed by atoms with Crippen LogP contribution < -0.4 is 10.7 Å². The molecule has 7 rings (SSSR count). The number of aromatic nitrogens is 2. The normalized spacial score (nSPS) is 21.0. The summed E-state index contributed by atoms with van der Waals surface area (Å²) in [6, 6.07) is 17.6. The van der Waals surface area contributed by atoms with Crippen molar-refractivity contribution in [1.82, 2.24) is 30.2 Å². The Hall–Kier alpha value is -5.24. The van der Waals surface area contributed by atoms with Crippen molar-refractivity contribution in [2.75, 3.05) is 60.2 Å². The number of carbonyl (C=O) groups excluding carboxylic acids is 3. The Morgan fingerprint density at radius 2 is 1.89 bits per heavy atom. The van der Waals surface area contributed by atoms with Crippen molar-refractivity contribution < 1.29 is 28.6 Å². The maximum absolute atomic E-state index is 14.7. The first-order chi connectivity index (χ1) is 30.9. The third-order valence-electron chi connectivity index (χ3n) is 12.8. The van der Waals surface area contributed by atoms with E-state index < -0.39 is 29.5 Å². The average Bonchev–Trinajstić information content (AvgIpc) is 3.87. The molecule has 0 spiro atoms. The largest absolute Gasteiger partial charge is 0.464 e. The number of rotatable bonds is 13. The van der Waals surface area contributed by atoms with Gasteiger partial charge in [0.15, 0.2) is 0 Å². The van der Waals surface area contributed by atoms with Crippen LogP contribution >= 0.6 is 0 Å². The number of methoxy groups -OCH3 is 2. The number of esters is 1. The van der Waals surface area contributed by atoms with E-state index in [0.717, 1.165) is 69.5 Å². The highest BCUT2D eigenvalue weighted by Gasteiger charge is 2.39. The van der Waals surface area contributed by atoms with Crippen molar-refractivity contribution in [3.05, 3.63) is 77.6 Å². The highest BCUT2D eigenvalue weighted by atomic mass is 16.5. The minimum atomic E-state index is -0.897. The minimum Gasteiger partial charge on any atom is -0.464 e. The molecular weight excluding hydrogens is 809 g/mol. The van der Waals surface area contributed by atoms with Gasteiger partial charge < -0.3 is 24.1 Å². The second-order valence-corrected chi connectivity index (χ2v) is 18.7. The Balaban J connectivity index is 1.25. The summed E-state index contributed by atoms with van der Waals surface area (Å²) < 4.78 is 19.2. The molecule has 0 saturated carbocycles. The molecule has 0 radical (unpaired) electrons. The van der Waals surface area contributed by atoms with Gasteiger partial charge in [0.05, 0.1) is 50.7 Å². The van der Waals surface area contributed by atoms with Crippen molar-refractivity contribution >= 4 is 34.7 Å². The number of hydrogen-bond donors (Lipinski definition) is 2. The van der Waals surface area contributed by atoms with E-state index in [1.54, 1.807) is 20.4 Å². The molecule has 6 bridgehead atoms. The van der Waals surface area contributed by atoms with Gasteiger partial charge in [-0.05, 0) is 97.0 Å². The number of cyclic esters (lactones) is 1. The number of carbonyl (C=O) groups is 3. The summed E-state index contributed by atoms with van der Waals surface area (Å²) in [5.41, 5.74) is 11.1. The third-order valence-corrected chi connectivity index (χ3v) is 12.8. The Labute approximate surface area is 377 Å². The first-order valence-electron chi connectivity index (χ1n) is 22.9. The molecule has 2 N–H and O–H groups in total. The number of nitrogens with zero attached hydrogens (tertiary/aromatic N) is 6. The van der Waals surface area contributed by atoms with E-state index in [1.807, 2.05) is 38.2 Å². The van der Waals surface area contributed by atoms with Gasteiger partial charge in [-0.3, -0.25) is 29.3 Å². The fourth-order valence-corrected chi connectivity index (χ4v) is 9.67. The number of fused-ring (bicyclic) bond motifs is 6. The maximum Gasteiger partial charge on any atom is 0.324 e. The summed E-state index contributed by atoms with van der Waals surface area (Å²) in [7, 11) is 3.34. The number of benzene rings is 2. The Morgan fingerprint density at radius 1 is 1.06 bits per heavy atom. The summed E-state index contributed by atoms with van der Waals surface area (Å²) in [6.07, 6.45) is 6.65. The number of aliphatic imine (C=N–C) groups is 2. The molecule has 2 saturated heterocycles. The van der Waals surface area contributed by atoms with Crippen LogP contribution in [0.2, 0.25) is 0 Å². The molecule has 2 amide bonds. The molecular formula is C50H66N8O6. The molecule has 0 aliphatic carbocycles. The van der Waals surface area contributed by atoms with Gasteiger partial charge in [-0.15, -0.1) is 0 Å². The van der Waals surface area contributed by atoms with Crippen molar-refractivity contribution in [2.24, 2.45) is 27.2 Å². The molecule has 1 unspecified atom stereocenters. The van der Waals surface area contributed by atoms with Gasteiger partial charge in [0.1, 0.15) is 12.1 Å². The molecule has 2 aromatic heterocycles. The quantitative estimate of drug-likeness (QED) is 0.0890. The smallest absolute Gasteiger partial charge is 0.324 e. The Bertz CT molecular complexity index is 2350. The zero-order chi connectivity index (χ0) is 45.4. The number of hydrazine groups is 1. The number of aryl methyl sites for hydroxylation is 1. The van der Waals surface area contributed by atoms with E-state index in [0.29, 0.717) is 58.7 Å². The number of likely N-dealkylation sites (tertiary alicyclic amines) is 1. The molecule has 14 nitrogen and oxygen atoms in total. The Morgan fingerprint density at radius 3 is 2.67 bits per heavy atom. The van der Waals surface area contributed by atoms with Crippen LogP contribution in [-0.2, 0) is 54.6 Å². The van der Waals surface area contributed by atoms with Crippen LogP contribution in [0.4, 0.5) is 0 Å². The first kappa shape index (κ1) is 46.7. The lowest BCUT2D eigenvalue weighted by atomic mass is 9.84. The summed E-state index contributed by atoms with van der Waals surface area (Å²) in [5.74, 6) is -0.625. The molecule has 342 valence electrons. The average molecular weight is 875 g/mol. The van der Waals surface area contributed by atoms with Crippen molar-refractivity contribution in [3.8, 4) is 22.4 Å². The van der Waals surface area contributed by atoms with Crippen molar-refractivity contribution in [2.45, 2.75) is 98.0 Å². The van der Waals surface area contributed by atoms with Gasteiger partial charge >= 0.3 is 5.97 Å². The van der Waals surface area contributed by atoms with Crippen LogP contribution in [0.3, 0.4) is 0 Å². The molecule has 5 heterocycles. The van der Waals surface area contributed by atoms with Crippen LogP contribution in [0.1, 0.15) is 70.6 Å². The lowest BCUT2D eigenvalue weighted by Gasteiger charge is -2.36. The van der Waals surface area contributed by atoms with Gasteiger partial charge in [0, 0.05) is 74.5 Å². The van der Waals surface area contributed by atoms with E-state index in [4.69, 9.17) is 14.2 Å². The number of nitrogens with one attached hydrogen (secondary N) is 2. The van der Waals surface area contributed by atoms with Crippen LogP contribution in [-0.4, -0.2) is 122 Å². The molecule has 3 aliphatic heterocycles. The van der Waals surface area contributed by atoms with Crippen molar-refractivity contribution in [3.63, 3.8) is 0 Å². The van der Waals surface area contributed by atoms with E-state index in [9.17, 15) is 14.4 Å². The van der Waals surface area contributed by atoms with Crippen molar-refractivity contribution in [1.29, 1.82) is 0 Å². The second kappa shape index (κ2) is 21.2. The molecule has 14 heteroatoms. The lowest BCUT2D eigenvalue weighted by Crippen LogP contribution is -2.62. The summed E-state index contributed by atoms with van der Waals surface area (Å²) >= 11 is 0. The maximum atomic E-state index is 14.7. The van der Waals surface area contributed by atoms with Crippen LogP contribution in [0.5, 0.6) is 0 Å². The molecule has 64 heavy (non-hydrogen) atoms. The fourth-order valence-electron chi connectivity index (χ4n) is 9.67. The van der Waals surface area contributed by atoms with Gasteiger partial charge in [0.2, 0.25) is 5.91 Å². The minimum absolute atomic E-state index is 0.0142. The van der Waals surface area contributed by atoms with Gasteiger partial charge in [-0.2, -0.15) is 0 Å². The van der Waals surface area contributed by atoms with Gasteiger partial charge in [-0.25, -0.2) is 15.4 Å². The lowest BCUT2D eigenvalue weighted by molar-refractivity contribution is -0.155. The Kier molecular flexibility index (Phi) is 15.5. The van der Waals surface area contributed by atoms with E-state index in [1.165, 1.54) is 5.01 Å². The number of hydrogen-bond acceptors (Lipinski definition) is 11. The van der Waals surface area contributed by atoms with E-state index in [2.05, 4.69) is 92.3 Å². The molecule has 4 aromatic rings. The summed E-state index contributed by atoms with van der Waals surface area (Å²) in [4.78, 5) is 58.4. The second-order valence-electron chi connectivity index (χ2n) is 18.7. The van der Waals surface area contributed by atoms with Crippen LogP contribution in [0.25, 0.3) is 33.3 Å². The van der Waals surface area contributed by atoms with E-state index in [-0.39, 0.29) is 36.7 Å². The predicted molar refractivity (Wildman–Crippen MR) is 249 cm³/mol. The fraction of sp³-hybridized carbons (Fsp3) is 0.540. The highest BCUT2D eigenvalue weighted by Crippen LogP contribution is 2.41. The zero-order valence-corrected chi connectivity index (χ0v) is 38.7. The predicted octanol–water partition coefficient (Wildman–Crippen LogP) is 6.35. The number of pyridine rings is 1. The standard InChI is InChI=1S/C50H66N8O6/c1-8-57-44-15-14-37-25-39(44)40(46(57)41-28-51-18-16-38(41)30-63-7)26-50(4,5)31-64-49(61)42-13-10-20-58(55-42)48(60)43(24-34-11-9-12-36(37)23-34)54-47(59)45(33(2)3)56-21-17-35(29-56)27-53-32-52-19-22-62-6/h9,11-12,14-16,18,23,25,28,33,35,42-43,45,55H,8,10,13,17,19-22,24,26-27,29-31H2,1-7H3,(H,54,59)/t35-,42-,43-,45?/m0/s1. The zero-order valence-electron chi connectivity index (χ0n) is 38.7. The first-order valence-corrected chi connectivity index (χ1v) is 22.9. The highest BCUT2D eigenvalue weighted by molar-refractivity contribution is 5.95.